The highest BCUT2D eigenvalue weighted by Crippen LogP contribution is 2.30. The molecule has 40 heavy (non-hydrogen) atoms. The standard InChI is InChI=1S/C27H28N8O5/c1-4-21-28-25-23(26(37)35(16-22(36)40-3)27(38)33(25)13-14-39-2)34(21)15-17-9-11-18(12-10-17)19-7-5-6-8-20(19)24-29-31-32-30-24/h5-12H,4,13-16H2,1-3H3,(H,29,30,31,32). The summed E-state index contributed by atoms with van der Waals surface area (Å²) in [6.07, 6.45) is 0.528. The number of fused-ring (bicyclic) bond motifs is 1. The molecule has 206 valence electrons. The molecule has 1 N–H and O–H groups in total. The smallest absolute Gasteiger partial charge is 0.333 e. The van der Waals surface area contributed by atoms with Crippen LogP contribution in [0.1, 0.15) is 18.3 Å². The highest BCUT2D eigenvalue weighted by molar-refractivity contribution is 5.80. The number of aromatic amines is 1. The van der Waals surface area contributed by atoms with Gasteiger partial charge in [0.15, 0.2) is 11.2 Å². The lowest BCUT2D eigenvalue weighted by molar-refractivity contribution is -0.141. The molecule has 13 heteroatoms. The second-order valence-corrected chi connectivity index (χ2v) is 9.01. The maximum atomic E-state index is 13.6. The average Bonchev–Trinajstić information content (AvgIpc) is 3.64. The van der Waals surface area contributed by atoms with Gasteiger partial charge in [0, 0.05) is 25.6 Å². The van der Waals surface area contributed by atoms with Crippen LogP contribution in [-0.2, 0) is 40.3 Å². The number of carbonyl (C=O) groups is 1. The van der Waals surface area contributed by atoms with E-state index in [1.165, 1.54) is 18.8 Å². The van der Waals surface area contributed by atoms with E-state index >= 15 is 0 Å². The summed E-state index contributed by atoms with van der Waals surface area (Å²) in [7, 11) is 2.73. The number of rotatable bonds is 10. The third-order valence-electron chi connectivity index (χ3n) is 6.66. The molecular formula is C27H28N8O5. The molecule has 0 spiro atoms. The Morgan fingerprint density at radius 3 is 2.38 bits per heavy atom. The molecule has 5 rings (SSSR count). The van der Waals surface area contributed by atoms with E-state index in [2.05, 4.69) is 25.6 Å². The van der Waals surface area contributed by atoms with E-state index in [1.807, 2.05) is 55.5 Å². The maximum Gasteiger partial charge on any atom is 0.333 e. The molecule has 0 aliphatic rings. The highest BCUT2D eigenvalue weighted by atomic mass is 16.5. The number of aryl methyl sites for hydroxylation is 1. The summed E-state index contributed by atoms with van der Waals surface area (Å²) in [5, 5.41) is 14.4. The van der Waals surface area contributed by atoms with E-state index < -0.39 is 23.8 Å². The summed E-state index contributed by atoms with van der Waals surface area (Å²) in [4.78, 5) is 43.5. The largest absolute Gasteiger partial charge is 0.468 e. The van der Waals surface area contributed by atoms with Gasteiger partial charge in [-0.25, -0.2) is 14.3 Å². The number of benzene rings is 2. The van der Waals surface area contributed by atoms with E-state index in [-0.39, 0.29) is 24.3 Å². The molecule has 2 aromatic carbocycles. The topological polar surface area (TPSA) is 152 Å². The van der Waals surface area contributed by atoms with Gasteiger partial charge in [-0.2, -0.15) is 5.21 Å². The third-order valence-corrected chi connectivity index (χ3v) is 6.66. The fourth-order valence-corrected chi connectivity index (χ4v) is 4.67. The zero-order valence-corrected chi connectivity index (χ0v) is 22.3. The summed E-state index contributed by atoms with van der Waals surface area (Å²) in [5.74, 6) is 0.440. The van der Waals surface area contributed by atoms with Gasteiger partial charge in [-0.1, -0.05) is 55.5 Å². The van der Waals surface area contributed by atoms with Crippen LogP contribution in [0, 0.1) is 0 Å². The van der Waals surface area contributed by atoms with Crippen molar-refractivity contribution >= 4 is 17.1 Å². The van der Waals surface area contributed by atoms with Gasteiger partial charge in [0.2, 0.25) is 5.82 Å². The third kappa shape index (κ3) is 4.94. The number of nitrogens with one attached hydrogen (secondary N) is 1. The van der Waals surface area contributed by atoms with Gasteiger partial charge in [0.25, 0.3) is 5.56 Å². The second-order valence-electron chi connectivity index (χ2n) is 9.01. The van der Waals surface area contributed by atoms with Crippen LogP contribution in [0.4, 0.5) is 0 Å². The number of tetrazole rings is 1. The molecule has 0 fully saturated rings. The fourth-order valence-electron chi connectivity index (χ4n) is 4.67. The molecule has 5 aromatic rings. The van der Waals surface area contributed by atoms with Crippen molar-refractivity contribution in [2.45, 2.75) is 33.0 Å². The van der Waals surface area contributed by atoms with E-state index in [9.17, 15) is 14.4 Å². The van der Waals surface area contributed by atoms with Gasteiger partial charge in [-0.3, -0.25) is 14.2 Å². The molecule has 0 saturated carbocycles. The first-order valence-corrected chi connectivity index (χ1v) is 12.7. The number of nitrogens with zero attached hydrogens (tertiary/aromatic N) is 7. The maximum absolute atomic E-state index is 13.6. The van der Waals surface area contributed by atoms with Crippen LogP contribution in [0.25, 0.3) is 33.7 Å². The highest BCUT2D eigenvalue weighted by Gasteiger charge is 2.22. The minimum Gasteiger partial charge on any atom is -0.468 e. The Hall–Kier alpha value is -4.91. The van der Waals surface area contributed by atoms with Gasteiger partial charge in [0.1, 0.15) is 12.4 Å². The first kappa shape index (κ1) is 26.7. The zero-order valence-electron chi connectivity index (χ0n) is 22.3. The fraction of sp³-hybridized carbons (Fsp3) is 0.296. The summed E-state index contributed by atoms with van der Waals surface area (Å²) >= 11 is 0. The Balaban J connectivity index is 1.58. The molecule has 0 bridgehead atoms. The second kappa shape index (κ2) is 11.5. The molecule has 0 aliphatic heterocycles. The van der Waals surface area contributed by atoms with Crippen molar-refractivity contribution in [1.29, 1.82) is 0 Å². The van der Waals surface area contributed by atoms with Gasteiger partial charge < -0.3 is 14.0 Å². The van der Waals surface area contributed by atoms with Crippen LogP contribution < -0.4 is 11.2 Å². The molecule has 0 radical (unpaired) electrons. The molecule has 3 heterocycles. The Bertz CT molecular complexity index is 1770. The van der Waals surface area contributed by atoms with Crippen molar-refractivity contribution in [3.63, 3.8) is 0 Å². The predicted octanol–water partition coefficient (Wildman–Crippen LogP) is 1.64. The average molecular weight is 545 g/mol. The molecule has 0 unspecified atom stereocenters. The van der Waals surface area contributed by atoms with Crippen LogP contribution in [0.3, 0.4) is 0 Å². The van der Waals surface area contributed by atoms with Crippen molar-refractivity contribution in [2.75, 3.05) is 20.8 Å². The van der Waals surface area contributed by atoms with Crippen LogP contribution in [-0.4, -0.2) is 66.1 Å². The minimum atomic E-state index is -0.699. The lowest BCUT2D eigenvalue weighted by Gasteiger charge is -2.13. The van der Waals surface area contributed by atoms with Crippen molar-refractivity contribution in [1.82, 2.24) is 39.3 Å². The molecule has 0 amide bonds. The van der Waals surface area contributed by atoms with Crippen LogP contribution >= 0.6 is 0 Å². The molecular weight excluding hydrogens is 516 g/mol. The SMILES string of the molecule is CCc1nc2c(c(=O)n(CC(=O)OC)c(=O)n2CCOC)n1Cc1ccc(-c2ccccc2-c2nn[nH]n2)cc1. The Labute approximate surface area is 228 Å². The molecule has 0 saturated heterocycles. The van der Waals surface area contributed by atoms with E-state index in [0.717, 1.165) is 26.8 Å². The number of hydrogen-bond donors (Lipinski definition) is 1. The first-order chi connectivity index (χ1) is 19.5. The first-order valence-electron chi connectivity index (χ1n) is 12.7. The van der Waals surface area contributed by atoms with Crippen molar-refractivity contribution in [3.8, 4) is 22.5 Å². The number of H-pyrrole nitrogens is 1. The Kier molecular flexibility index (Phi) is 7.64. The number of aromatic nitrogens is 8. The normalized spacial score (nSPS) is 11.3. The Morgan fingerprint density at radius 2 is 1.73 bits per heavy atom. The quantitative estimate of drug-likeness (QED) is 0.259. The predicted molar refractivity (Wildman–Crippen MR) is 146 cm³/mol. The number of methoxy groups -OCH3 is 2. The van der Waals surface area contributed by atoms with E-state index in [1.54, 1.807) is 4.57 Å². The van der Waals surface area contributed by atoms with Crippen LogP contribution in [0.5, 0.6) is 0 Å². The summed E-state index contributed by atoms with van der Waals surface area (Å²) in [5.41, 5.74) is 2.93. The van der Waals surface area contributed by atoms with Gasteiger partial charge in [-0.15, -0.1) is 10.2 Å². The van der Waals surface area contributed by atoms with Crippen molar-refractivity contribution < 1.29 is 14.3 Å². The summed E-state index contributed by atoms with van der Waals surface area (Å²) < 4.78 is 14.0. The molecule has 0 atom stereocenters. The molecule has 0 aliphatic carbocycles. The lowest BCUT2D eigenvalue weighted by atomic mass is 9.98. The van der Waals surface area contributed by atoms with Crippen LogP contribution in [0.2, 0.25) is 0 Å². The number of carbonyl (C=O) groups excluding carboxylic acids is 1. The minimum absolute atomic E-state index is 0.169. The van der Waals surface area contributed by atoms with Gasteiger partial charge >= 0.3 is 11.7 Å². The van der Waals surface area contributed by atoms with Gasteiger partial charge in [-0.05, 0) is 21.9 Å². The zero-order chi connectivity index (χ0) is 28.2. The number of imidazole rings is 1. The van der Waals surface area contributed by atoms with Crippen molar-refractivity contribution in [3.05, 3.63) is 80.8 Å². The Morgan fingerprint density at radius 1 is 0.975 bits per heavy atom. The number of esters is 1. The van der Waals surface area contributed by atoms with Gasteiger partial charge in [0.05, 0.1) is 20.3 Å². The number of hydrogen-bond acceptors (Lipinski definition) is 9. The van der Waals surface area contributed by atoms with Crippen molar-refractivity contribution in [2.24, 2.45) is 0 Å². The molecule has 13 nitrogen and oxygen atoms in total. The van der Waals surface area contributed by atoms with E-state index in [0.29, 0.717) is 24.6 Å². The summed E-state index contributed by atoms with van der Waals surface area (Å²) in [6, 6.07) is 15.7. The van der Waals surface area contributed by atoms with E-state index in [4.69, 9.17) is 9.47 Å². The number of ether oxygens (including phenoxy) is 2. The monoisotopic (exact) mass is 544 g/mol. The summed E-state index contributed by atoms with van der Waals surface area (Å²) in [6.45, 7) is 2.16. The lowest BCUT2D eigenvalue weighted by Crippen LogP contribution is -2.43. The van der Waals surface area contributed by atoms with Crippen LogP contribution in [0.15, 0.2) is 58.1 Å². The molecule has 3 aromatic heterocycles.